The van der Waals surface area contributed by atoms with Crippen molar-refractivity contribution in [3.63, 3.8) is 0 Å². The van der Waals surface area contributed by atoms with E-state index in [1.165, 1.54) is 11.1 Å². The van der Waals surface area contributed by atoms with Crippen LogP contribution in [0.15, 0.2) is 41.1 Å². The smallest absolute Gasteiger partial charge is 0.226 e. The van der Waals surface area contributed by atoms with Crippen molar-refractivity contribution in [2.75, 3.05) is 5.32 Å². The molecule has 0 aliphatic rings. The number of nitrogens with zero attached hydrogens (tertiary/aromatic N) is 4. The van der Waals surface area contributed by atoms with E-state index >= 15 is 0 Å². The number of anilines is 1. The Labute approximate surface area is 161 Å². The number of rotatable bonds is 6. The van der Waals surface area contributed by atoms with Crippen LogP contribution in [-0.2, 0) is 17.9 Å². The normalized spacial score (nSPS) is 10.9. The van der Waals surface area contributed by atoms with Crippen molar-refractivity contribution in [1.82, 2.24) is 19.6 Å². The highest BCUT2D eigenvalue weighted by atomic mass is 79.9. The topological polar surface area (TPSA) is 64.7 Å². The first-order chi connectivity index (χ1) is 12.4. The number of carbonyl (C=O) groups excluding carboxylic acids is 1. The molecule has 0 radical (unpaired) electrons. The molecule has 0 unspecified atom stereocenters. The highest BCUT2D eigenvalue weighted by molar-refractivity contribution is 9.10. The average molecular weight is 416 g/mol. The molecule has 2 heterocycles. The van der Waals surface area contributed by atoms with Gasteiger partial charge in [0.25, 0.3) is 0 Å². The molecule has 3 rings (SSSR count). The number of nitrogens with one attached hydrogen (secondary N) is 1. The van der Waals surface area contributed by atoms with Gasteiger partial charge in [-0.2, -0.15) is 10.2 Å². The maximum Gasteiger partial charge on any atom is 0.226 e. The van der Waals surface area contributed by atoms with Crippen molar-refractivity contribution in [3.8, 4) is 0 Å². The second-order valence-corrected chi connectivity index (χ2v) is 7.15. The fourth-order valence-corrected chi connectivity index (χ4v) is 3.08. The summed E-state index contributed by atoms with van der Waals surface area (Å²) in [5.74, 6) is -0.0517. The Bertz CT molecular complexity index is 928. The quantitative estimate of drug-likeness (QED) is 0.664. The zero-order chi connectivity index (χ0) is 18.7. The lowest BCUT2D eigenvalue weighted by molar-refractivity contribution is -0.116. The lowest BCUT2D eigenvalue weighted by Gasteiger charge is -2.06. The van der Waals surface area contributed by atoms with Crippen molar-refractivity contribution in [3.05, 3.63) is 63.6 Å². The molecular weight excluding hydrogens is 394 g/mol. The molecule has 3 aromatic rings. The van der Waals surface area contributed by atoms with Gasteiger partial charge in [0.1, 0.15) is 0 Å². The molecule has 0 atom stereocenters. The molecule has 1 amide bonds. The van der Waals surface area contributed by atoms with Crippen molar-refractivity contribution in [1.29, 1.82) is 0 Å². The van der Waals surface area contributed by atoms with Gasteiger partial charge < -0.3 is 5.32 Å². The van der Waals surface area contributed by atoms with Gasteiger partial charge in [-0.25, -0.2) is 0 Å². The van der Waals surface area contributed by atoms with Gasteiger partial charge in [-0.3, -0.25) is 14.2 Å². The number of aryl methyl sites for hydroxylation is 3. The van der Waals surface area contributed by atoms with Gasteiger partial charge in [0.05, 0.1) is 35.1 Å². The summed E-state index contributed by atoms with van der Waals surface area (Å²) in [4.78, 5) is 12.2. The van der Waals surface area contributed by atoms with E-state index in [9.17, 15) is 4.79 Å². The molecule has 0 spiro atoms. The summed E-state index contributed by atoms with van der Waals surface area (Å²) in [6.07, 6.45) is 3.89. The van der Waals surface area contributed by atoms with Crippen LogP contribution in [0.25, 0.3) is 0 Å². The number of aromatic nitrogens is 4. The van der Waals surface area contributed by atoms with E-state index in [0.29, 0.717) is 25.2 Å². The van der Waals surface area contributed by atoms with Gasteiger partial charge in [0.2, 0.25) is 5.91 Å². The van der Waals surface area contributed by atoms with Crippen LogP contribution < -0.4 is 5.32 Å². The summed E-state index contributed by atoms with van der Waals surface area (Å²) >= 11 is 3.50. The van der Waals surface area contributed by atoms with Gasteiger partial charge in [-0.15, -0.1) is 0 Å². The van der Waals surface area contributed by atoms with Crippen LogP contribution in [0.2, 0.25) is 0 Å². The number of benzene rings is 1. The number of halogens is 1. The van der Waals surface area contributed by atoms with Crippen LogP contribution in [0.5, 0.6) is 0 Å². The van der Waals surface area contributed by atoms with Gasteiger partial charge in [0, 0.05) is 18.3 Å². The summed E-state index contributed by atoms with van der Waals surface area (Å²) in [5.41, 5.74) is 5.10. The Balaban J connectivity index is 1.56. The minimum Gasteiger partial charge on any atom is -0.323 e. The number of amides is 1. The monoisotopic (exact) mass is 415 g/mol. The van der Waals surface area contributed by atoms with Crippen LogP contribution in [0.3, 0.4) is 0 Å². The van der Waals surface area contributed by atoms with E-state index in [4.69, 9.17) is 0 Å². The number of hydrogen-bond acceptors (Lipinski definition) is 3. The van der Waals surface area contributed by atoms with E-state index in [-0.39, 0.29) is 5.91 Å². The lowest BCUT2D eigenvalue weighted by Crippen LogP contribution is -2.15. The molecule has 0 aliphatic carbocycles. The predicted molar refractivity (Wildman–Crippen MR) is 105 cm³/mol. The zero-order valence-corrected chi connectivity index (χ0v) is 16.7. The summed E-state index contributed by atoms with van der Waals surface area (Å²) in [7, 11) is 0. The minimum absolute atomic E-state index is 0.0517. The van der Waals surface area contributed by atoms with Crippen molar-refractivity contribution in [2.45, 2.75) is 40.3 Å². The first kappa shape index (κ1) is 18.4. The largest absolute Gasteiger partial charge is 0.323 e. The van der Waals surface area contributed by atoms with E-state index in [0.717, 1.165) is 15.9 Å². The van der Waals surface area contributed by atoms with E-state index in [2.05, 4.69) is 50.5 Å². The van der Waals surface area contributed by atoms with Crippen LogP contribution >= 0.6 is 15.9 Å². The van der Waals surface area contributed by atoms with E-state index in [1.54, 1.807) is 6.20 Å². The number of carbonyl (C=O) groups is 1. The second-order valence-electron chi connectivity index (χ2n) is 6.36. The molecule has 0 aliphatic heterocycles. The Morgan fingerprint density at radius 3 is 2.69 bits per heavy atom. The van der Waals surface area contributed by atoms with Gasteiger partial charge in [-0.05, 0) is 47.8 Å². The summed E-state index contributed by atoms with van der Waals surface area (Å²) in [6, 6.07) is 8.21. The highest BCUT2D eigenvalue weighted by Gasteiger charge is 2.11. The first-order valence-corrected chi connectivity index (χ1v) is 9.29. The standard InChI is InChI=1S/C19H22BrN5O/c1-13-6-4-5-7-16(13)11-24-12-17(10-21-24)22-18(26)8-9-25-15(3)19(20)14(2)23-25/h4-7,10,12H,8-9,11H2,1-3H3,(H,22,26). The minimum atomic E-state index is -0.0517. The fourth-order valence-electron chi connectivity index (χ4n) is 2.80. The third-order valence-electron chi connectivity index (χ3n) is 4.35. The van der Waals surface area contributed by atoms with Gasteiger partial charge in [0.15, 0.2) is 0 Å². The fraction of sp³-hybridized carbons (Fsp3) is 0.316. The van der Waals surface area contributed by atoms with Gasteiger partial charge in [-0.1, -0.05) is 24.3 Å². The Morgan fingerprint density at radius 2 is 2.00 bits per heavy atom. The molecule has 0 bridgehead atoms. The SMILES string of the molecule is Cc1ccccc1Cn1cc(NC(=O)CCn2nc(C)c(Br)c2C)cn1. The predicted octanol–water partition coefficient (Wildman–Crippen LogP) is 3.84. The summed E-state index contributed by atoms with van der Waals surface area (Å²) < 4.78 is 4.67. The van der Waals surface area contributed by atoms with E-state index < -0.39 is 0 Å². The molecule has 0 saturated carbocycles. The molecule has 6 nitrogen and oxygen atoms in total. The van der Waals surface area contributed by atoms with E-state index in [1.807, 2.05) is 41.5 Å². The molecule has 26 heavy (non-hydrogen) atoms. The van der Waals surface area contributed by atoms with Crippen LogP contribution in [-0.4, -0.2) is 25.5 Å². The molecule has 2 aromatic heterocycles. The molecule has 0 fully saturated rings. The molecule has 1 aromatic carbocycles. The third kappa shape index (κ3) is 4.22. The van der Waals surface area contributed by atoms with Crippen molar-refractivity contribution in [2.24, 2.45) is 0 Å². The zero-order valence-electron chi connectivity index (χ0n) is 15.2. The molecule has 0 saturated heterocycles. The maximum atomic E-state index is 12.2. The Kier molecular flexibility index (Phi) is 5.56. The Hall–Kier alpha value is -2.41. The molecule has 136 valence electrons. The second kappa shape index (κ2) is 7.86. The lowest BCUT2D eigenvalue weighted by atomic mass is 10.1. The number of hydrogen-bond donors (Lipinski definition) is 1. The summed E-state index contributed by atoms with van der Waals surface area (Å²) in [6.45, 7) is 7.23. The molecular formula is C19H22BrN5O. The Morgan fingerprint density at radius 1 is 1.23 bits per heavy atom. The van der Waals surface area contributed by atoms with Crippen LogP contribution in [0.4, 0.5) is 5.69 Å². The van der Waals surface area contributed by atoms with Crippen LogP contribution in [0, 0.1) is 20.8 Å². The highest BCUT2D eigenvalue weighted by Crippen LogP contribution is 2.20. The van der Waals surface area contributed by atoms with Gasteiger partial charge >= 0.3 is 0 Å². The molecule has 1 N–H and O–H groups in total. The molecule has 7 heteroatoms. The van der Waals surface area contributed by atoms with Crippen molar-refractivity contribution >= 4 is 27.5 Å². The maximum absolute atomic E-state index is 12.2. The first-order valence-electron chi connectivity index (χ1n) is 8.50. The summed E-state index contributed by atoms with van der Waals surface area (Å²) in [5, 5.41) is 11.7. The third-order valence-corrected chi connectivity index (χ3v) is 5.50. The average Bonchev–Trinajstić information content (AvgIpc) is 3.15. The van der Waals surface area contributed by atoms with Crippen LogP contribution in [0.1, 0.15) is 28.9 Å². The van der Waals surface area contributed by atoms with Crippen molar-refractivity contribution < 1.29 is 4.79 Å².